The molecule has 4 rings (SSSR count). The van der Waals surface area contributed by atoms with E-state index < -0.39 is 35.2 Å². The number of nitrogens with one attached hydrogen (secondary N) is 1. The highest BCUT2D eigenvalue weighted by Crippen LogP contribution is 2.43. The summed E-state index contributed by atoms with van der Waals surface area (Å²) in [6.07, 6.45) is 0.0765. The molecule has 1 aromatic heterocycles. The number of carbonyl (C=O) groups is 4. The summed E-state index contributed by atoms with van der Waals surface area (Å²) in [6, 6.07) is -0.951. The maximum atomic E-state index is 12.8. The number of rotatable bonds is 6. The fourth-order valence-electron chi connectivity index (χ4n) is 3.59. The number of oxime groups is 1. The Balaban J connectivity index is 1.54. The molecule has 0 radical (unpaired) electrons. The summed E-state index contributed by atoms with van der Waals surface area (Å²) in [5.74, 6) is -3.03. The summed E-state index contributed by atoms with van der Waals surface area (Å²) in [7, 11) is 1.26. The molecule has 4 N–H and O–H groups in total. The van der Waals surface area contributed by atoms with Crippen molar-refractivity contribution in [2.24, 2.45) is 11.1 Å². The number of thiazole rings is 1. The van der Waals surface area contributed by atoms with Crippen LogP contribution in [-0.2, 0) is 28.8 Å². The summed E-state index contributed by atoms with van der Waals surface area (Å²) in [4.78, 5) is 58.7. The summed E-state index contributed by atoms with van der Waals surface area (Å²) >= 11 is 2.42. The molecule has 164 valence electrons. The third-order valence-corrected chi connectivity index (χ3v) is 6.98. The van der Waals surface area contributed by atoms with Crippen molar-refractivity contribution in [1.29, 1.82) is 0 Å². The van der Waals surface area contributed by atoms with Crippen LogP contribution in [0.3, 0.4) is 0 Å². The fraction of sp³-hybridized carbons (Fsp3) is 0.412. The molecule has 12 nitrogen and oxygen atoms in total. The highest BCUT2D eigenvalue weighted by atomic mass is 32.2. The van der Waals surface area contributed by atoms with Crippen LogP contribution in [0.25, 0.3) is 0 Å². The standard InChI is InChI=1S/C17H17N5O7S2/c1-28-21-10(8-5-31-17(18)19-8)13(24)20-11-14(25)22-12(16(26)27)7(4-30-15(11)22)6-2-9(23)29-3-6/h5-6,11,15H,2-4H2,1H3,(H2,18,19)(H,20,24)(H,26,27)/t6?,11-,15-/m1/s1. The molecule has 0 bridgehead atoms. The van der Waals surface area contributed by atoms with Crippen molar-refractivity contribution >= 4 is 57.7 Å². The average Bonchev–Trinajstić information content (AvgIpc) is 3.36. The first kappa shape index (κ1) is 21.1. The van der Waals surface area contributed by atoms with E-state index >= 15 is 0 Å². The van der Waals surface area contributed by atoms with Crippen LogP contribution in [0.15, 0.2) is 21.8 Å². The Kier molecular flexibility index (Phi) is 5.58. The van der Waals surface area contributed by atoms with Gasteiger partial charge >= 0.3 is 11.9 Å². The predicted molar refractivity (Wildman–Crippen MR) is 109 cm³/mol. The van der Waals surface area contributed by atoms with Gasteiger partial charge in [-0.15, -0.1) is 23.1 Å². The summed E-state index contributed by atoms with van der Waals surface area (Å²) in [5.41, 5.74) is 5.98. The van der Waals surface area contributed by atoms with Gasteiger partial charge in [-0.3, -0.25) is 19.3 Å². The number of cyclic esters (lactones) is 1. The molecule has 1 unspecified atom stereocenters. The quantitative estimate of drug-likeness (QED) is 0.212. The van der Waals surface area contributed by atoms with Crippen LogP contribution < -0.4 is 11.1 Å². The number of nitrogens with zero attached hydrogens (tertiary/aromatic N) is 3. The van der Waals surface area contributed by atoms with Gasteiger partial charge in [-0.1, -0.05) is 5.16 Å². The molecule has 4 heterocycles. The van der Waals surface area contributed by atoms with Gasteiger partial charge in [0, 0.05) is 17.1 Å². The average molecular weight is 467 g/mol. The van der Waals surface area contributed by atoms with Crippen LogP contribution in [0.1, 0.15) is 12.1 Å². The van der Waals surface area contributed by atoms with E-state index in [0.29, 0.717) is 11.3 Å². The van der Waals surface area contributed by atoms with E-state index in [1.807, 2.05) is 0 Å². The van der Waals surface area contributed by atoms with Gasteiger partial charge in [0.15, 0.2) is 10.8 Å². The molecule has 0 saturated carbocycles. The molecule has 0 spiro atoms. The lowest BCUT2D eigenvalue weighted by molar-refractivity contribution is -0.150. The van der Waals surface area contributed by atoms with E-state index in [-0.39, 0.29) is 41.2 Å². The van der Waals surface area contributed by atoms with Gasteiger partial charge < -0.3 is 25.7 Å². The number of β-lactam (4-membered cyclic amide) rings is 1. The second kappa shape index (κ2) is 8.19. The molecule has 14 heteroatoms. The summed E-state index contributed by atoms with van der Waals surface area (Å²) < 4.78 is 4.95. The SMILES string of the molecule is CON=C(C(=O)N[C@@H]1C(=O)N2C(C(=O)O)=C(C3COC(=O)C3)CS[C@H]12)c1csc(N)n1. The number of thioether (sulfide) groups is 1. The number of carboxylic acids is 1. The van der Waals surface area contributed by atoms with Gasteiger partial charge in [-0.2, -0.15) is 0 Å². The maximum absolute atomic E-state index is 12.8. The number of hydrogen-bond acceptors (Lipinski definition) is 11. The molecule has 3 aliphatic rings. The van der Waals surface area contributed by atoms with Crippen molar-refractivity contribution in [1.82, 2.24) is 15.2 Å². The molecular formula is C17H17N5O7S2. The highest BCUT2D eigenvalue weighted by Gasteiger charge is 2.55. The number of carboxylic acid groups (broad SMARTS) is 1. The minimum Gasteiger partial charge on any atom is -0.477 e. The van der Waals surface area contributed by atoms with Crippen molar-refractivity contribution in [2.75, 3.05) is 25.2 Å². The van der Waals surface area contributed by atoms with Crippen LogP contribution in [0, 0.1) is 5.92 Å². The minimum absolute atomic E-state index is 0.0765. The van der Waals surface area contributed by atoms with Crippen molar-refractivity contribution in [3.8, 4) is 0 Å². The molecule has 2 fully saturated rings. The van der Waals surface area contributed by atoms with E-state index in [9.17, 15) is 24.3 Å². The van der Waals surface area contributed by atoms with Gasteiger partial charge in [0.1, 0.15) is 29.9 Å². The lowest BCUT2D eigenvalue weighted by Gasteiger charge is -2.49. The Labute approximate surface area is 183 Å². The maximum Gasteiger partial charge on any atom is 0.352 e. The Morgan fingerprint density at radius 2 is 2.23 bits per heavy atom. The number of amides is 2. The molecule has 1 aromatic rings. The smallest absolute Gasteiger partial charge is 0.352 e. The van der Waals surface area contributed by atoms with Crippen molar-refractivity contribution in [3.63, 3.8) is 0 Å². The van der Waals surface area contributed by atoms with Crippen LogP contribution in [0.2, 0.25) is 0 Å². The molecule has 2 amide bonds. The molecule has 31 heavy (non-hydrogen) atoms. The minimum atomic E-state index is -1.27. The van der Waals surface area contributed by atoms with Gasteiger partial charge in [0.25, 0.3) is 11.8 Å². The molecule has 0 aromatic carbocycles. The Bertz CT molecular complexity index is 1040. The number of esters is 1. The topological polar surface area (TPSA) is 174 Å². The van der Waals surface area contributed by atoms with E-state index in [1.165, 1.54) is 24.3 Å². The number of carbonyl (C=O) groups excluding carboxylic acids is 3. The van der Waals surface area contributed by atoms with Gasteiger partial charge in [0.2, 0.25) is 0 Å². The Hall–Kier alpha value is -3.13. The van der Waals surface area contributed by atoms with Crippen LogP contribution >= 0.6 is 23.1 Å². The van der Waals surface area contributed by atoms with Gasteiger partial charge in [-0.05, 0) is 5.57 Å². The molecule has 2 saturated heterocycles. The Morgan fingerprint density at radius 3 is 2.81 bits per heavy atom. The zero-order valence-electron chi connectivity index (χ0n) is 16.1. The van der Waals surface area contributed by atoms with Crippen LogP contribution in [0.5, 0.6) is 0 Å². The number of nitrogen functional groups attached to an aromatic ring is 1. The molecule has 3 aliphatic heterocycles. The zero-order valence-corrected chi connectivity index (χ0v) is 17.7. The number of anilines is 1. The molecular weight excluding hydrogens is 450 g/mol. The fourth-order valence-corrected chi connectivity index (χ4v) is 5.60. The normalized spacial score (nSPS) is 25.6. The summed E-state index contributed by atoms with van der Waals surface area (Å²) in [6.45, 7) is 0.0893. The van der Waals surface area contributed by atoms with E-state index in [0.717, 1.165) is 16.2 Å². The number of hydrogen-bond donors (Lipinski definition) is 3. The largest absolute Gasteiger partial charge is 0.477 e. The monoisotopic (exact) mass is 467 g/mol. The second-order valence-electron chi connectivity index (χ2n) is 6.82. The number of fused-ring (bicyclic) bond motifs is 1. The second-order valence-corrected chi connectivity index (χ2v) is 8.81. The third kappa shape index (κ3) is 3.72. The van der Waals surface area contributed by atoms with E-state index in [2.05, 4.69) is 15.5 Å². The first-order chi connectivity index (χ1) is 14.8. The number of nitrogens with two attached hydrogens (primary N) is 1. The number of aromatic nitrogens is 1. The lowest BCUT2D eigenvalue weighted by atomic mass is 9.94. The Morgan fingerprint density at radius 1 is 1.45 bits per heavy atom. The van der Waals surface area contributed by atoms with Crippen LogP contribution in [0.4, 0.5) is 5.13 Å². The van der Waals surface area contributed by atoms with Crippen LogP contribution in [-0.4, -0.2) is 75.3 Å². The van der Waals surface area contributed by atoms with Crippen molar-refractivity contribution < 1.29 is 33.9 Å². The summed E-state index contributed by atoms with van der Waals surface area (Å²) in [5, 5.41) is 17.1. The predicted octanol–water partition coefficient (Wildman–Crippen LogP) is -0.622. The zero-order chi connectivity index (χ0) is 22.3. The first-order valence-electron chi connectivity index (χ1n) is 9.01. The van der Waals surface area contributed by atoms with Gasteiger partial charge in [0.05, 0.1) is 13.0 Å². The van der Waals surface area contributed by atoms with E-state index in [1.54, 1.807) is 0 Å². The highest BCUT2D eigenvalue weighted by molar-refractivity contribution is 8.00. The molecule has 0 aliphatic carbocycles. The van der Waals surface area contributed by atoms with Gasteiger partial charge in [-0.25, -0.2) is 9.78 Å². The number of aliphatic carboxylic acids is 1. The lowest BCUT2D eigenvalue weighted by Crippen LogP contribution is -2.71. The van der Waals surface area contributed by atoms with E-state index in [4.69, 9.17) is 15.3 Å². The number of ether oxygens (including phenoxy) is 1. The van der Waals surface area contributed by atoms with Crippen molar-refractivity contribution in [2.45, 2.75) is 17.8 Å². The molecule has 3 atom stereocenters. The third-order valence-electron chi connectivity index (χ3n) is 5.00. The first-order valence-corrected chi connectivity index (χ1v) is 10.9. The van der Waals surface area contributed by atoms with Crippen molar-refractivity contribution in [3.05, 3.63) is 22.3 Å².